The molecule has 3 heteroatoms. The van der Waals surface area contributed by atoms with Crippen LogP contribution >= 0.6 is 0 Å². The van der Waals surface area contributed by atoms with E-state index in [-0.39, 0.29) is 0 Å². The fourth-order valence-electron chi connectivity index (χ4n) is 8.81. The molecule has 2 unspecified atom stereocenters. The zero-order valence-corrected chi connectivity index (χ0v) is 28.0. The van der Waals surface area contributed by atoms with Crippen LogP contribution in [0.2, 0.25) is 0 Å². The quantitative estimate of drug-likeness (QED) is 0.188. The van der Waals surface area contributed by atoms with Crippen LogP contribution in [0.5, 0.6) is 0 Å². The maximum atomic E-state index is 6.08. The average Bonchev–Trinajstić information content (AvgIpc) is 3.85. The van der Waals surface area contributed by atoms with Gasteiger partial charge in [0.1, 0.15) is 11.2 Å². The lowest BCUT2D eigenvalue weighted by atomic mass is 9.86. The van der Waals surface area contributed by atoms with E-state index in [0.717, 1.165) is 40.5 Å². The minimum atomic E-state index is 0.304. The number of aromatic nitrogens is 1. The number of benzene rings is 6. The van der Waals surface area contributed by atoms with Crippen LogP contribution in [0.25, 0.3) is 66.1 Å². The Kier molecular flexibility index (Phi) is 6.20. The lowest BCUT2D eigenvalue weighted by Gasteiger charge is -2.32. The monoisotopic (exact) mass is 654 g/mol. The SMILES string of the molecule is C1=CCCC(N2c3ccccc3C3C=C(c4ccc5c(c4)c4ccccc4n5-c4ccc(-c5ccc6oc7ccccc7c6c5)cc4)C=CC32)=C1. The van der Waals surface area contributed by atoms with E-state index in [4.69, 9.17) is 4.42 Å². The number of hydrogen-bond donors (Lipinski definition) is 0. The van der Waals surface area contributed by atoms with Gasteiger partial charge in [0.25, 0.3) is 0 Å². The summed E-state index contributed by atoms with van der Waals surface area (Å²) in [7, 11) is 0. The van der Waals surface area contributed by atoms with Crippen molar-refractivity contribution in [2.45, 2.75) is 24.8 Å². The van der Waals surface area contributed by atoms with E-state index in [0.29, 0.717) is 12.0 Å². The molecule has 2 atom stereocenters. The van der Waals surface area contributed by atoms with E-state index >= 15 is 0 Å². The van der Waals surface area contributed by atoms with E-state index in [9.17, 15) is 0 Å². The zero-order chi connectivity index (χ0) is 33.5. The van der Waals surface area contributed by atoms with Gasteiger partial charge < -0.3 is 13.9 Å². The van der Waals surface area contributed by atoms with Gasteiger partial charge in [0, 0.05) is 44.5 Å². The first-order valence-corrected chi connectivity index (χ1v) is 18.0. The van der Waals surface area contributed by atoms with Gasteiger partial charge in [-0.2, -0.15) is 0 Å². The second-order valence-corrected chi connectivity index (χ2v) is 14.0. The van der Waals surface area contributed by atoms with Crippen molar-refractivity contribution in [3.8, 4) is 16.8 Å². The van der Waals surface area contributed by atoms with E-state index in [1.54, 1.807) is 0 Å². The Hall–Kier alpha value is -6.32. The van der Waals surface area contributed by atoms with Gasteiger partial charge in [-0.15, -0.1) is 0 Å². The van der Waals surface area contributed by atoms with Gasteiger partial charge in [-0.3, -0.25) is 0 Å². The average molecular weight is 655 g/mol. The number of allylic oxidation sites excluding steroid dienone is 6. The molecule has 0 amide bonds. The van der Waals surface area contributed by atoms with Gasteiger partial charge in [-0.1, -0.05) is 109 Å². The molecule has 6 aromatic carbocycles. The van der Waals surface area contributed by atoms with Crippen molar-refractivity contribution >= 4 is 55.0 Å². The van der Waals surface area contributed by atoms with Crippen molar-refractivity contribution in [3.63, 3.8) is 0 Å². The minimum Gasteiger partial charge on any atom is -0.456 e. The van der Waals surface area contributed by atoms with Gasteiger partial charge >= 0.3 is 0 Å². The Morgan fingerprint density at radius 3 is 2.25 bits per heavy atom. The van der Waals surface area contributed by atoms with Crippen LogP contribution in [0.1, 0.15) is 29.9 Å². The molecule has 1 aliphatic heterocycles. The summed E-state index contributed by atoms with van der Waals surface area (Å²) in [4.78, 5) is 2.58. The summed E-state index contributed by atoms with van der Waals surface area (Å²) in [5.74, 6) is 0.316. The summed E-state index contributed by atoms with van der Waals surface area (Å²) in [6.07, 6.45) is 16.3. The molecule has 0 N–H and O–H groups in total. The molecule has 11 rings (SSSR count). The summed E-state index contributed by atoms with van der Waals surface area (Å²) in [6.45, 7) is 0. The highest BCUT2D eigenvalue weighted by atomic mass is 16.3. The van der Waals surface area contributed by atoms with Crippen molar-refractivity contribution < 1.29 is 4.42 Å². The normalized spacial score (nSPS) is 18.1. The number of hydrogen-bond acceptors (Lipinski definition) is 2. The molecule has 3 aliphatic rings. The third-order valence-corrected chi connectivity index (χ3v) is 11.2. The van der Waals surface area contributed by atoms with E-state index in [1.165, 1.54) is 61.0 Å². The zero-order valence-electron chi connectivity index (χ0n) is 28.0. The van der Waals surface area contributed by atoms with Gasteiger partial charge in [0.2, 0.25) is 0 Å². The molecule has 2 aliphatic carbocycles. The van der Waals surface area contributed by atoms with Gasteiger partial charge in [0.05, 0.1) is 17.1 Å². The molecule has 0 bridgehead atoms. The molecule has 0 saturated carbocycles. The third-order valence-electron chi connectivity index (χ3n) is 11.2. The Morgan fingerprint density at radius 1 is 0.608 bits per heavy atom. The van der Waals surface area contributed by atoms with Crippen molar-refractivity contribution in [2.75, 3.05) is 4.90 Å². The minimum absolute atomic E-state index is 0.304. The van der Waals surface area contributed by atoms with Crippen LogP contribution in [-0.4, -0.2) is 10.6 Å². The molecule has 3 heterocycles. The fourth-order valence-corrected chi connectivity index (χ4v) is 8.81. The molecular formula is C48H34N2O. The summed E-state index contributed by atoms with van der Waals surface area (Å²) in [5.41, 5.74) is 14.5. The van der Waals surface area contributed by atoms with Gasteiger partial charge in [-0.25, -0.2) is 0 Å². The lowest BCUT2D eigenvalue weighted by molar-refractivity contribution is 0.669. The van der Waals surface area contributed by atoms with Crippen molar-refractivity contribution in [3.05, 3.63) is 187 Å². The molecule has 8 aromatic rings. The summed E-state index contributed by atoms with van der Waals surface area (Å²) < 4.78 is 8.49. The Morgan fingerprint density at radius 2 is 1.35 bits per heavy atom. The molecule has 3 nitrogen and oxygen atoms in total. The summed E-state index contributed by atoms with van der Waals surface area (Å²) in [6, 6.07) is 48.8. The highest BCUT2D eigenvalue weighted by Crippen LogP contribution is 2.48. The van der Waals surface area contributed by atoms with Crippen molar-refractivity contribution in [1.82, 2.24) is 4.57 Å². The number of nitrogens with zero attached hydrogens (tertiary/aromatic N) is 2. The number of fused-ring (bicyclic) bond motifs is 9. The molecular weight excluding hydrogens is 621 g/mol. The Bertz CT molecular complexity index is 2820. The largest absolute Gasteiger partial charge is 0.456 e. The Labute approximate surface area is 296 Å². The number of furan rings is 1. The van der Waals surface area contributed by atoms with Crippen LogP contribution in [0.4, 0.5) is 5.69 Å². The van der Waals surface area contributed by atoms with Crippen LogP contribution in [0.3, 0.4) is 0 Å². The van der Waals surface area contributed by atoms with Gasteiger partial charge in [0.15, 0.2) is 0 Å². The molecule has 0 radical (unpaired) electrons. The second-order valence-electron chi connectivity index (χ2n) is 14.0. The highest BCUT2D eigenvalue weighted by molar-refractivity contribution is 6.10. The predicted molar refractivity (Wildman–Crippen MR) is 213 cm³/mol. The van der Waals surface area contributed by atoms with E-state index in [2.05, 4.69) is 167 Å². The van der Waals surface area contributed by atoms with Crippen LogP contribution in [0.15, 0.2) is 180 Å². The third kappa shape index (κ3) is 4.38. The number of anilines is 1. The topological polar surface area (TPSA) is 21.3 Å². The molecule has 2 aromatic heterocycles. The molecule has 242 valence electrons. The maximum absolute atomic E-state index is 6.08. The standard InChI is InChI=1S/C48H34N2O/c1-2-10-35(11-3-1)49-43-15-7-4-12-37(43)40-28-33(20-25-45(40)49)34-21-26-46-41(29-34)38-13-5-8-16-44(38)50(46)36-23-18-31(19-24-36)32-22-27-48-42(30-32)39-14-6-9-17-47(39)51-48/h1-2,4-10,12-30,40,45H,3,11H2. The van der Waals surface area contributed by atoms with E-state index < -0.39 is 0 Å². The first-order chi connectivity index (χ1) is 25.3. The lowest BCUT2D eigenvalue weighted by Crippen LogP contribution is -2.32. The number of rotatable bonds is 4. The van der Waals surface area contributed by atoms with Crippen LogP contribution in [0, 0.1) is 0 Å². The highest BCUT2D eigenvalue weighted by Gasteiger charge is 2.38. The van der Waals surface area contributed by atoms with E-state index in [1.807, 2.05) is 12.1 Å². The molecule has 0 saturated heterocycles. The summed E-state index contributed by atoms with van der Waals surface area (Å²) in [5, 5.41) is 4.84. The van der Waals surface area contributed by atoms with Gasteiger partial charge in [-0.05, 0) is 101 Å². The molecule has 0 fully saturated rings. The Balaban J connectivity index is 0.970. The maximum Gasteiger partial charge on any atom is 0.135 e. The van der Waals surface area contributed by atoms with Crippen LogP contribution < -0.4 is 4.90 Å². The smallest absolute Gasteiger partial charge is 0.135 e. The number of para-hydroxylation sites is 3. The predicted octanol–water partition coefficient (Wildman–Crippen LogP) is 12.5. The molecule has 0 spiro atoms. The summed E-state index contributed by atoms with van der Waals surface area (Å²) >= 11 is 0. The second kappa shape index (κ2) is 11.1. The van der Waals surface area contributed by atoms with Crippen LogP contribution in [-0.2, 0) is 0 Å². The molecule has 51 heavy (non-hydrogen) atoms. The fraction of sp³-hybridized carbons (Fsp3) is 0.0833. The van der Waals surface area contributed by atoms with Crippen molar-refractivity contribution in [1.29, 1.82) is 0 Å². The van der Waals surface area contributed by atoms with Crippen molar-refractivity contribution in [2.24, 2.45) is 0 Å². The first-order valence-electron chi connectivity index (χ1n) is 18.0. The first kappa shape index (κ1) is 28.5.